The van der Waals surface area contributed by atoms with Crippen molar-refractivity contribution in [2.75, 3.05) is 32.8 Å². The Bertz CT molecular complexity index is 804. The van der Waals surface area contributed by atoms with E-state index in [1.807, 2.05) is 11.8 Å². The Hall–Kier alpha value is -1.80. The summed E-state index contributed by atoms with van der Waals surface area (Å²) in [5, 5.41) is 9.16. The lowest BCUT2D eigenvalue weighted by atomic mass is 9.66. The fraction of sp³-hybridized carbons (Fsp3) is 0.731. The molecule has 3 saturated heterocycles. The minimum Gasteiger partial charge on any atom is -0.461 e. The number of hydrogen-bond acceptors (Lipinski definition) is 6. The highest BCUT2D eigenvalue weighted by Gasteiger charge is 2.77. The molecule has 0 radical (unpaired) electrons. The fourth-order valence-corrected chi connectivity index (χ4v) is 8.41. The van der Waals surface area contributed by atoms with Gasteiger partial charge in [-0.3, -0.25) is 14.4 Å². The van der Waals surface area contributed by atoms with Gasteiger partial charge in [-0.2, -0.15) is 0 Å². The second-order valence-electron chi connectivity index (χ2n) is 9.89. The van der Waals surface area contributed by atoms with Gasteiger partial charge in [0.2, 0.25) is 11.8 Å². The Morgan fingerprint density at radius 3 is 2.65 bits per heavy atom. The maximum absolute atomic E-state index is 14.1. The molecule has 5 atom stereocenters. The fourth-order valence-electron chi connectivity index (χ4n) is 6.07. The van der Waals surface area contributed by atoms with Crippen LogP contribution in [-0.2, 0) is 19.1 Å². The smallest absolute Gasteiger partial charge is 0.311 e. The van der Waals surface area contributed by atoms with E-state index in [0.29, 0.717) is 32.5 Å². The molecule has 0 saturated carbocycles. The number of fused-ring (bicyclic) bond motifs is 1. The zero-order valence-corrected chi connectivity index (χ0v) is 21.5. The number of thioether (sulfide) groups is 1. The van der Waals surface area contributed by atoms with Crippen LogP contribution in [-0.4, -0.2) is 81.1 Å². The van der Waals surface area contributed by atoms with Crippen molar-refractivity contribution in [1.82, 2.24) is 9.80 Å². The van der Waals surface area contributed by atoms with Crippen LogP contribution in [0.3, 0.4) is 0 Å². The van der Waals surface area contributed by atoms with Crippen molar-refractivity contribution in [2.24, 2.45) is 11.8 Å². The number of hydrogen-bond donors (Lipinski definition) is 1. The number of rotatable bonds is 14. The Morgan fingerprint density at radius 2 is 2.00 bits per heavy atom. The van der Waals surface area contributed by atoms with E-state index in [0.717, 1.165) is 32.1 Å². The van der Waals surface area contributed by atoms with Crippen LogP contribution in [0.15, 0.2) is 25.3 Å². The molecule has 0 aromatic heterocycles. The van der Waals surface area contributed by atoms with Crippen LogP contribution < -0.4 is 0 Å². The number of unbranched alkanes of at least 4 members (excludes halogenated alkanes) is 3. The van der Waals surface area contributed by atoms with E-state index in [-0.39, 0.29) is 31.0 Å². The van der Waals surface area contributed by atoms with E-state index in [9.17, 15) is 14.4 Å². The number of ether oxygens (including phenoxy) is 1. The van der Waals surface area contributed by atoms with Crippen molar-refractivity contribution in [3.05, 3.63) is 25.3 Å². The maximum Gasteiger partial charge on any atom is 0.311 e. The Balaban J connectivity index is 1.98. The molecular formula is C26H40N2O5S. The first-order chi connectivity index (χ1) is 16.3. The van der Waals surface area contributed by atoms with Gasteiger partial charge in [0.15, 0.2) is 0 Å². The molecule has 3 heterocycles. The molecule has 2 bridgehead atoms. The van der Waals surface area contributed by atoms with Gasteiger partial charge in [-0.15, -0.1) is 18.3 Å². The number of amides is 2. The van der Waals surface area contributed by atoms with Gasteiger partial charge in [-0.1, -0.05) is 32.1 Å². The van der Waals surface area contributed by atoms with Gasteiger partial charge in [-0.05, 0) is 45.4 Å². The van der Waals surface area contributed by atoms with Gasteiger partial charge in [0, 0.05) is 31.0 Å². The first-order valence-electron chi connectivity index (χ1n) is 12.6. The second-order valence-corrected chi connectivity index (χ2v) is 11.8. The molecule has 1 spiro atoms. The topological polar surface area (TPSA) is 87.1 Å². The van der Waals surface area contributed by atoms with E-state index >= 15 is 0 Å². The zero-order valence-electron chi connectivity index (χ0n) is 20.7. The highest BCUT2D eigenvalue weighted by atomic mass is 32.2. The van der Waals surface area contributed by atoms with Gasteiger partial charge < -0.3 is 19.6 Å². The molecule has 0 aromatic carbocycles. The van der Waals surface area contributed by atoms with Crippen molar-refractivity contribution in [2.45, 2.75) is 74.3 Å². The number of carbonyl (C=O) groups is 3. The summed E-state index contributed by atoms with van der Waals surface area (Å²) >= 11 is 1.67. The predicted octanol–water partition coefficient (Wildman–Crippen LogP) is 3.17. The van der Waals surface area contributed by atoms with Crippen molar-refractivity contribution < 1.29 is 24.2 Å². The number of aliphatic hydroxyl groups is 1. The van der Waals surface area contributed by atoms with Crippen LogP contribution in [0.2, 0.25) is 0 Å². The first-order valence-corrected chi connectivity index (χ1v) is 13.4. The van der Waals surface area contributed by atoms with Gasteiger partial charge >= 0.3 is 5.97 Å². The number of aliphatic hydroxyl groups excluding tert-OH is 1. The largest absolute Gasteiger partial charge is 0.461 e. The molecule has 8 heteroatoms. The summed E-state index contributed by atoms with van der Waals surface area (Å²) in [7, 11) is 0. The Labute approximate surface area is 208 Å². The molecule has 7 nitrogen and oxygen atoms in total. The molecular weight excluding hydrogens is 452 g/mol. The van der Waals surface area contributed by atoms with E-state index in [1.165, 1.54) is 6.08 Å². The van der Waals surface area contributed by atoms with Gasteiger partial charge in [0.1, 0.15) is 12.6 Å². The van der Waals surface area contributed by atoms with Crippen molar-refractivity contribution in [3.63, 3.8) is 0 Å². The average Bonchev–Trinajstić information content (AvgIpc) is 3.38. The molecule has 3 aliphatic rings. The third-order valence-electron chi connectivity index (χ3n) is 7.61. The predicted molar refractivity (Wildman–Crippen MR) is 134 cm³/mol. The van der Waals surface area contributed by atoms with Crippen LogP contribution in [0.1, 0.15) is 58.8 Å². The van der Waals surface area contributed by atoms with Crippen LogP contribution in [0.25, 0.3) is 0 Å². The first kappa shape index (κ1) is 26.8. The monoisotopic (exact) mass is 492 g/mol. The summed E-state index contributed by atoms with van der Waals surface area (Å²) < 4.78 is 4.41. The third kappa shape index (κ3) is 4.68. The summed E-state index contributed by atoms with van der Waals surface area (Å²) in [5.41, 5.74) is 0. The molecule has 34 heavy (non-hydrogen) atoms. The number of nitrogens with zero attached hydrogens (tertiary/aromatic N) is 2. The van der Waals surface area contributed by atoms with E-state index < -0.39 is 27.4 Å². The SMILES string of the molecule is C=CCOC(=O)[C@H]1[C@H]2C(=O)N(CCCCCO)C(C(=O)N(CC=C)CCCC)C23CC[C@]1(C)S3. The molecule has 3 fully saturated rings. The summed E-state index contributed by atoms with van der Waals surface area (Å²) in [6.07, 6.45) is 8.78. The van der Waals surface area contributed by atoms with Gasteiger partial charge in [0.05, 0.1) is 16.6 Å². The van der Waals surface area contributed by atoms with Crippen molar-refractivity contribution in [1.29, 1.82) is 0 Å². The van der Waals surface area contributed by atoms with Gasteiger partial charge in [-0.25, -0.2) is 0 Å². The molecule has 3 rings (SSSR count). The minimum atomic E-state index is -0.622. The van der Waals surface area contributed by atoms with E-state index in [4.69, 9.17) is 9.84 Å². The number of carbonyl (C=O) groups excluding carboxylic acids is 3. The molecule has 3 aliphatic heterocycles. The average molecular weight is 493 g/mol. The number of likely N-dealkylation sites (tertiary alicyclic amines) is 1. The van der Waals surface area contributed by atoms with Gasteiger partial charge in [0.25, 0.3) is 0 Å². The Kier molecular flexibility index (Phi) is 8.90. The lowest BCUT2D eigenvalue weighted by molar-refractivity contribution is -0.154. The second kappa shape index (κ2) is 11.3. The lowest BCUT2D eigenvalue weighted by Crippen LogP contribution is -2.55. The minimum absolute atomic E-state index is 0.0387. The molecule has 0 aromatic rings. The summed E-state index contributed by atoms with van der Waals surface area (Å²) in [5.74, 6) is -1.63. The third-order valence-corrected chi connectivity index (χ3v) is 9.59. The summed E-state index contributed by atoms with van der Waals surface area (Å²) in [4.78, 5) is 44.7. The highest BCUT2D eigenvalue weighted by molar-refractivity contribution is 8.02. The van der Waals surface area contributed by atoms with Crippen LogP contribution >= 0.6 is 11.8 Å². The Morgan fingerprint density at radius 1 is 1.24 bits per heavy atom. The lowest BCUT2D eigenvalue weighted by Gasteiger charge is -2.37. The van der Waals surface area contributed by atoms with Crippen LogP contribution in [0.5, 0.6) is 0 Å². The van der Waals surface area contributed by atoms with Crippen LogP contribution in [0.4, 0.5) is 0 Å². The summed E-state index contributed by atoms with van der Waals surface area (Å²) in [6.45, 7) is 13.3. The molecule has 2 unspecified atom stereocenters. The quantitative estimate of drug-likeness (QED) is 0.228. The van der Waals surface area contributed by atoms with Crippen molar-refractivity contribution >= 4 is 29.5 Å². The van der Waals surface area contributed by atoms with Crippen LogP contribution in [0, 0.1) is 11.8 Å². The van der Waals surface area contributed by atoms with Crippen molar-refractivity contribution in [3.8, 4) is 0 Å². The van der Waals surface area contributed by atoms with E-state index in [1.54, 1.807) is 22.7 Å². The van der Waals surface area contributed by atoms with E-state index in [2.05, 4.69) is 20.1 Å². The summed E-state index contributed by atoms with van der Waals surface area (Å²) in [6, 6.07) is -0.597. The number of esters is 1. The molecule has 190 valence electrons. The molecule has 2 amide bonds. The molecule has 0 aliphatic carbocycles. The standard InChI is InChI=1S/C26H40N2O5S/c1-5-8-15-27(14-6-2)23(31)21-26-13-12-25(4,34-26)20(24(32)33-18-7-3)19(26)22(30)28(21)16-10-9-11-17-29/h6-7,19-21,29H,2-3,5,8-18H2,1,4H3/t19-,20+,21?,25-,26?/m0/s1. The highest BCUT2D eigenvalue weighted by Crippen LogP contribution is 2.71. The normalized spacial score (nSPS) is 31.4. The maximum atomic E-state index is 14.1. The molecule has 1 N–H and O–H groups in total. The zero-order chi connectivity index (χ0) is 24.9.